The second-order valence-electron chi connectivity index (χ2n) is 4.99. The Morgan fingerprint density at radius 2 is 2.14 bits per heavy atom. The van der Waals surface area contributed by atoms with Gasteiger partial charge in [0.2, 0.25) is 0 Å². The predicted molar refractivity (Wildman–Crippen MR) is 98.9 cm³/mol. The normalized spacial score (nSPS) is 15.9. The van der Waals surface area contributed by atoms with Gasteiger partial charge in [0.05, 0.1) is 24.2 Å². The van der Waals surface area contributed by atoms with Crippen LogP contribution in [0.1, 0.15) is 5.82 Å². The summed E-state index contributed by atoms with van der Waals surface area (Å²) in [6, 6.07) is 5.68. The molecule has 0 atom stereocenters. The van der Waals surface area contributed by atoms with Crippen molar-refractivity contribution in [3.63, 3.8) is 0 Å². The summed E-state index contributed by atoms with van der Waals surface area (Å²) in [4.78, 5) is 11.0. The van der Waals surface area contributed by atoms with Gasteiger partial charge in [-0.25, -0.2) is 9.98 Å². The number of hydrogen-bond donors (Lipinski definition) is 1. The molecule has 3 rings (SSSR count). The average molecular weight is 436 g/mol. The van der Waals surface area contributed by atoms with E-state index in [1.807, 2.05) is 34.7 Å². The van der Waals surface area contributed by atoms with E-state index in [9.17, 15) is 0 Å². The van der Waals surface area contributed by atoms with Gasteiger partial charge in [-0.15, -0.1) is 24.0 Å². The number of aryl methyl sites for hydroxylation is 1. The van der Waals surface area contributed by atoms with Gasteiger partial charge in [0.1, 0.15) is 12.4 Å². The minimum atomic E-state index is 0. The van der Waals surface area contributed by atoms with E-state index in [1.54, 1.807) is 0 Å². The largest absolute Gasteiger partial charge is 0.378 e. The SMILES string of the molecule is Cn1c(CN=C(N)N2CCOCC2)nc2cc(Cl)ccc21.I. The van der Waals surface area contributed by atoms with Gasteiger partial charge < -0.3 is 19.9 Å². The van der Waals surface area contributed by atoms with Crippen LogP contribution in [-0.2, 0) is 18.3 Å². The molecule has 0 radical (unpaired) electrons. The van der Waals surface area contributed by atoms with E-state index in [0.29, 0.717) is 30.7 Å². The zero-order valence-electron chi connectivity index (χ0n) is 12.3. The summed E-state index contributed by atoms with van der Waals surface area (Å²) in [6.45, 7) is 3.41. The second kappa shape index (κ2) is 7.47. The molecule has 2 N–H and O–H groups in total. The molecule has 1 fully saturated rings. The van der Waals surface area contributed by atoms with E-state index in [-0.39, 0.29) is 24.0 Å². The maximum atomic E-state index is 6.03. The quantitative estimate of drug-likeness (QED) is 0.445. The van der Waals surface area contributed by atoms with Crippen LogP contribution in [0.5, 0.6) is 0 Å². The summed E-state index contributed by atoms with van der Waals surface area (Å²) in [5.41, 5.74) is 7.94. The van der Waals surface area contributed by atoms with Gasteiger partial charge in [-0.1, -0.05) is 11.6 Å². The fraction of sp³-hybridized carbons (Fsp3) is 0.429. The number of aliphatic imine (C=N–C) groups is 1. The van der Waals surface area contributed by atoms with Crippen molar-refractivity contribution < 1.29 is 4.74 Å². The average Bonchev–Trinajstić information content (AvgIpc) is 2.81. The van der Waals surface area contributed by atoms with E-state index < -0.39 is 0 Å². The molecule has 1 saturated heterocycles. The number of aromatic nitrogens is 2. The molecule has 1 aromatic carbocycles. The Morgan fingerprint density at radius 1 is 1.41 bits per heavy atom. The van der Waals surface area contributed by atoms with Crippen molar-refractivity contribution in [3.8, 4) is 0 Å². The molecular weight excluding hydrogens is 417 g/mol. The van der Waals surface area contributed by atoms with E-state index in [1.165, 1.54) is 0 Å². The van der Waals surface area contributed by atoms with Crippen LogP contribution in [0, 0.1) is 0 Å². The Bertz CT molecular complexity index is 681. The topological polar surface area (TPSA) is 68.7 Å². The van der Waals surface area contributed by atoms with Crippen LogP contribution < -0.4 is 5.73 Å². The van der Waals surface area contributed by atoms with Gasteiger partial charge in [0, 0.05) is 25.2 Å². The van der Waals surface area contributed by atoms with Crippen LogP contribution in [-0.4, -0.2) is 46.7 Å². The number of rotatable bonds is 2. The first-order chi connectivity index (χ1) is 10.1. The second-order valence-corrected chi connectivity index (χ2v) is 5.43. The number of halogens is 2. The Labute approximate surface area is 151 Å². The number of hydrogen-bond acceptors (Lipinski definition) is 3. The fourth-order valence-electron chi connectivity index (χ4n) is 2.41. The number of nitrogens with zero attached hydrogens (tertiary/aromatic N) is 4. The lowest BCUT2D eigenvalue weighted by atomic mass is 10.3. The highest BCUT2D eigenvalue weighted by Crippen LogP contribution is 2.19. The molecule has 22 heavy (non-hydrogen) atoms. The number of imidazole rings is 1. The molecule has 0 spiro atoms. The first-order valence-corrected chi connectivity index (χ1v) is 7.26. The number of benzene rings is 1. The zero-order valence-corrected chi connectivity index (χ0v) is 15.4. The molecule has 0 aliphatic carbocycles. The maximum Gasteiger partial charge on any atom is 0.191 e. The van der Waals surface area contributed by atoms with Crippen LogP contribution in [0.4, 0.5) is 0 Å². The molecule has 2 aromatic rings. The lowest BCUT2D eigenvalue weighted by Gasteiger charge is -2.27. The standard InChI is InChI=1S/C14H18ClN5O.HI/c1-19-12-3-2-10(15)8-11(12)18-13(19)9-17-14(16)20-4-6-21-7-5-20;/h2-3,8H,4-7,9H2,1H3,(H2,16,17);1H. The van der Waals surface area contributed by atoms with Crippen LogP contribution in [0.2, 0.25) is 5.02 Å². The Kier molecular flexibility index (Phi) is 5.87. The molecule has 8 heteroatoms. The molecule has 120 valence electrons. The highest BCUT2D eigenvalue weighted by molar-refractivity contribution is 14.0. The molecule has 0 bridgehead atoms. The molecule has 1 aliphatic heterocycles. The molecular formula is C14H19ClIN5O. The summed E-state index contributed by atoms with van der Waals surface area (Å²) in [5.74, 6) is 1.41. The molecule has 0 saturated carbocycles. The van der Waals surface area contributed by atoms with Gasteiger partial charge in [-0.05, 0) is 18.2 Å². The van der Waals surface area contributed by atoms with Gasteiger partial charge in [0.15, 0.2) is 5.96 Å². The minimum Gasteiger partial charge on any atom is -0.378 e. The van der Waals surface area contributed by atoms with Crippen molar-refractivity contribution in [2.45, 2.75) is 6.54 Å². The van der Waals surface area contributed by atoms with E-state index in [4.69, 9.17) is 22.1 Å². The number of guanidine groups is 1. The Morgan fingerprint density at radius 3 is 2.86 bits per heavy atom. The number of ether oxygens (including phenoxy) is 1. The summed E-state index contributed by atoms with van der Waals surface area (Å²) in [5, 5.41) is 0.684. The zero-order chi connectivity index (χ0) is 14.8. The summed E-state index contributed by atoms with van der Waals surface area (Å²) >= 11 is 5.99. The van der Waals surface area contributed by atoms with Crippen molar-refractivity contribution in [2.75, 3.05) is 26.3 Å². The van der Waals surface area contributed by atoms with E-state index >= 15 is 0 Å². The first kappa shape index (κ1) is 17.3. The van der Waals surface area contributed by atoms with Crippen LogP contribution >= 0.6 is 35.6 Å². The number of fused-ring (bicyclic) bond motifs is 1. The van der Waals surface area contributed by atoms with Crippen LogP contribution in [0.3, 0.4) is 0 Å². The van der Waals surface area contributed by atoms with Crippen LogP contribution in [0.25, 0.3) is 11.0 Å². The third-order valence-corrected chi connectivity index (χ3v) is 3.89. The van der Waals surface area contributed by atoms with E-state index in [0.717, 1.165) is 29.9 Å². The van der Waals surface area contributed by atoms with Crippen molar-refractivity contribution in [2.24, 2.45) is 17.8 Å². The smallest absolute Gasteiger partial charge is 0.191 e. The molecule has 2 heterocycles. The molecule has 0 unspecified atom stereocenters. The first-order valence-electron chi connectivity index (χ1n) is 6.88. The predicted octanol–water partition coefficient (Wildman–Crippen LogP) is 1.99. The highest BCUT2D eigenvalue weighted by atomic mass is 127. The Hall–Kier alpha value is -1.06. The molecule has 6 nitrogen and oxygen atoms in total. The Balaban J connectivity index is 0.00000176. The van der Waals surface area contributed by atoms with Crippen molar-refractivity contribution in [1.29, 1.82) is 0 Å². The van der Waals surface area contributed by atoms with E-state index in [2.05, 4.69) is 9.98 Å². The van der Waals surface area contributed by atoms with Gasteiger partial charge >= 0.3 is 0 Å². The maximum absolute atomic E-state index is 6.03. The van der Waals surface area contributed by atoms with Crippen molar-refractivity contribution in [3.05, 3.63) is 29.0 Å². The fourth-order valence-corrected chi connectivity index (χ4v) is 2.57. The summed E-state index contributed by atoms with van der Waals surface area (Å²) in [7, 11) is 1.97. The summed E-state index contributed by atoms with van der Waals surface area (Å²) < 4.78 is 7.32. The third-order valence-electron chi connectivity index (χ3n) is 3.65. The van der Waals surface area contributed by atoms with Gasteiger partial charge in [-0.3, -0.25) is 0 Å². The van der Waals surface area contributed by atoms with Crippen molar-refractivity contribution >= 4 is 52.6 Å². The number of nitrogens with two attached hydrogens (primary N) is 1. The molecule has 1 aliphatic rings. The third kappa shape index (κ3) is 3.64. The lowest BCUT2D eigenvalue weighted by molar-refractivity contribution is 0.0674. The summed E-state index contributed by atoms with van der Waals surface area (Å²) in [6.07, 6.45) is 0. The van der Waals surface area contributed by atoms with Gasteiger partial charge in [-0.2, -0.15) is 0 Å². The van der Waals surface area contributed by atoms with Gasteiger partial charge in [0.25, 0.3) is 0 Å². The molecule has 1 aromatic heterocycles. The lowest BCUT2D eigenvalue weighted by Crippen LogP contribution is -2.44. The molecule has 0 amide bonds. The highest BCUT2D eigenvalue weighted by Gasteiger charge is 2.13. The van der Waals surface area contributed by atoms with Crippen LogP contribution in [0.15, 0.2) is 23.2 Å². The van der Waals surface area contributed by atoms with Crippen molar-refractivity contribution in [1.82, 2.24) is 14.5 Å². The monoisotopic (exact) mass is 435 g/mol. The minimum absolute atomic E-state index is 0. The number of morpholine rings is 1.